The molecule has 0 heterocycles. The van der Waals surface area contributed by atoms with Crippen molar-refractivity contribution in [2.24, 2.45) is 0 Å². The van der Waals surface area contributed by atoms with Crippen molar-refractivity contribution in [3.8, 4) is 0 Å². The molecule has 0 atom stereocenters. The van der Waals surface area contributed by atoms with Crippen LogP contribution in [0.25, 0.3) is 0 Å². The molecule has 20 heavy (non-hydrogen) atoms. The highest BCUT2D eigenvalue weighted by Gasteiger charge is 2.33. The molecule has 1 aliphatic carbocycles. The molecule has 1 aliphatic rings. The Balaban J connectivity index is 1.94. The summed E-state index contributed by atoms with van der Waals surface area (Å²) in [5, 5.41) is 14.7. The highest BCUT2D eigenvalue weighted by atomic mass is 35.5. The highest BCUT2D eigenvalue weighted by Crippen LogP contribution is 2.33. The maximum atomic E-state index is 13.3. The molecule has 0 aliphatic heterocycles. The molecular weight excluding hydrogens is 277 g/mol. The molecule has 2 nitrogen and oxygen atoms in total. The van der Waals surface area contributed by atoms with E-state index < -0.39 is 5.60 Å². The van der Waals surface area contributed by atoms with Crippen LogP contribution in [0.15, 0.2) is 18.2 Å². The third-order valence-corrected chi connectivity index (χ3v) is 4.50. The van der Waals surface area contributed by atoms with E-state index >= 15 is 0 Å². The first-order valence-corrected chi connectivity index (χ1v) is 7.80. The van der Waals surface area contributed by atoms with Crippen LogP contribution < -0.4 is 5.32 Å². The van der Waals surface area contributed by atoms with Crippen molar-refractivity contribution in [2.75, 3.05) is 6.54 Å². The second-order valence-corrected chi connectivity index (χ2v) is 6.27. The smallest absolute Gasteiger partial charge is 0.123 e. The summed E-state index contributed by atoms with van der Waals surface area (Å²) in [5.74, 6) is -0.300. The van der Waals surface area contributed by atoms with Crippen molar-refractivity contribution < 1.29 is 9.50 Å². The average molecular weight is 300 g/mol. The summed E-state index contributed by atoms with van der Waals surface area (Å²) in [7, 11) is 0. The maximum Gasteiger partial charge on any atom is 0.123 e. The van der Waals surface area contributed by atoms with Crippen molar-refractivity contribution in [2.45, 2.75) is 57.1 Å². The van der Waals surface area contributed by atoms with Crippen LogP contribution in [0.1, 0.15) is 44.6 Å². The van der Waals surface area contributed by atoms with Crippen LogP contribution in [0.4, 0.5) is 4.39 Å². The fourth-order valence-corrected chi connectivity index (χ4v) is 3.10. The summed E-state index contributed by atoms with van der Waals surface area (Å²) < 4.78 is 13.3. The number of hydrogen-bond acceptors (Lipinski definition) is 2. The second-order valence-electron chi connectivity index (χ2n) is 5.87. The van der Waals surface area contributed by atoms with Gasteiger partial charge in [-0.05, 0) is 62.4 Å². The molecule has 0 unspecified atom stereocenters. The van der Waals surface area contributed by atoms with E-state index in [-0.39, 0.29) is 5.82 Å². The van der Waals surface area contributed by atoms with Crippen molar-refractivity contribution in [1.29, 1.82) is 0 Å². The number of halogens is 2. The molecule has 0 bridgehead atoms. The van der Waals surface area contributed by atoms with Gasteiger partial charge in [-0.25, -0.2) is 4.39 Å². The number of rotatable bonds is 5. The molecule has 1 saturated carbocycles. The summed E-state index contributed by atoms with van der Waals surface area (Å²) in [6, 6.07) is 4.84. The third kappa shape index (κ3) is 4.18. The van der Waals surface area contributed by atoms with Crippen molar-refractivity contribution in [1.82, 2.24) is 5.32 Å². The zero-order valence-corrected chi connectivity index (χ0v) is 12.7. The Kier molecular flexibility index (Phi) is 5.42. The van der Waals surface area contributed by atoms with Crippen molar-refractivity contribution in [3.05, 3.63) is 34.6 Å². The fraction of sp³-hybridized carbons (Fsp3) is 0.625. The lowest BCUT2D eigenvalue weighted by atomic mass is 9.78. The molecule has 0 radical (unpaired) electrons. The van der Waals surface area contributed by atoms with Crippen LogP contribution in [0.5, 0.6) is 0 Å². The molecule has 1 aromatic rings. The Morgan fingerprint density at radius 1 is 1.40 bits per heavy atom. The van der Waals surface area contributed by atoms with Gasteiger partial charge in [-0.2, -0.15) is 0 Å². The van der Waals surface area contributed by atoms with Crippen molar-refractivity contribution in [3.63, 3.8) is 0 Å². The zero-order chi connectivity index (χ0) is 14.6. The summed E-state index contributed by atoms with van der Waals surface area (Å²) in [5.41, 5.74) is -0.0453. The molecular formula is C16H23ClFNO. The lowest BCUT2D eigenvalue weighted by Crippen LogP contribution is -2.42. The van der Waals surface area contributed by atoms with E-state index in [0.29, 0.717) is 23.0 Å². The Morgan fingerprint density at radius 3 is 2.75 bits per heavy atom. The van der Waals surface area contributed by atoms with Gasteiger partial charge in [-0.1, -0.05) is 18.5 Å². The molecule has 0 aromatic heterocycles. The SMILES string of the molecule is CCCNC1CCC(O)(Cc2cc(F)ccc2Cl)CC1. The van der Waals surface area contributed by atoms with E-state index in [1.54, 1.807) is 6.07 Å². The molecule has 4 heteroatoms. The van der Waals surface area contributed by atoms with Gasteiger partial charge in [-0.3, -0.25) is 0 Å². The highest BCUT2D eigenvalue weighted by molar-refractivity contribution is 6.31. The van der Waals surface area contributed by atoms with Crippen LogP contribution >= 0.6 is 11.6 Å². The molecule has 2 rings (SSSR count). The van der Waals surface area contributed by atoms with Gasteiger partial charge in [0.2, 0.25) is 0 Å². The summed E-state index contributed by atoms with van der Waals surface area (Å²) in [6.07, 6.45) is 4.96. The summed E-state index contributed by atoms with van der Waals surface area (Å²) in [6.45, 7) is 3.18. The monoisotopic (exact) mass is 299 g/mol. The summed E-state index contributed by atoms with van der Waals surface area (Å²) >= 11 is 6.08. The Bertz CT molecular complexity index is 444. The van der Waals surface area contributed by atoms with E-state index in [1.807, 2.05) is 0 Å². The molecule has 0 amide bonds. The normalized spacial score (nSPS) is 26.7. The number of hydrogen-bond donors (Lipinski definition) is 2. The van der Waals surface area contributed by atoms with Crippen LogP contribution in [0.2, 0.25) is 5.02 Å². The number of aliphatic hydroxyl groups is 1. The van der Waals surface area contributed by atoms with Gasteiger partial charge in [0.05, 0.1) is 5.60 Å². The van der Waals surface area contributed by atoms with Crippen LogP contribution in [-0.4, -0.2) is 23.3 Å². The van der Waals surface area contributed by atoms with Crippen LogP contribution in [0, 0.1) is 5.82 Å². The minimum atomic E-state index is -0.748. The number of benzene rings is 1. The van der Waals surface area contributed by atoms with Gasteiger partial charge in [0.25, 0.3) is 0 Å². The Morgan fingerprint density at radius 2 is 2.10 bits per heavy atom. The summed E-state index contributed by atoms with van der Waals surface area (Å²) in [4.78, 5) is 0. The van der Waals surface area contributed by atoms with Crippen LogP contribution in [0.3, 0.4) is 0 Å². The standard InChI is InChI=1S/C16H23ClFNO/c1-2-9-19-14-5-7-16(20,8-6-14)11-12-10-13(18)3-4-15(12)17/h3-4,10,14,19-20H,2,5-9,11H2,1H3. The predicted octanol–water partition coefficient (Wildman–Crippen LogP) is 3.69. The van der Waals surface area contributed by atoms with Gasteiger partial charge < -0.3 is 10.4 Å². The molecule has 112 valence electrons. The molecule has 1 fully saturated rings. The predicted molar refractivity (Wildman–Crippen MR) is 80.6 cm³/mol. The lowest BCUT2D eigenvalue weighted by Gasteiger charge is -2.36. The van der Waals surface area contributed by atoms with Crippen molar-refractivity contribution >= 4 is 11.6 Å². The minimum absolute atomic E-state index is 0.300. The van der Waals surface area contributed by atoms with Gasteiger partial charge in [-0.15, -0.1) is 0 Å². The minimum Gasteiger partial charge on any atom is -0.390 e. The second kappa shape index (κ2) is 6.88. The molecule has 0 saturated heterocycles. The zero-order valence-electron chi connectivity index (χ0n) is 12.0. The Hall–Kier alpha value is -0.640. The maximum absolute atomic E-state index is 13.3. The van der Waals surface area contributed by atoms with Gasteiger partial charge >= 0.3 is 0 Å². The molecule has 0 spiro atoms. The number of nitrogens with one attached hydrogen (secondary N) is 1. The average Bonchev–Trinajstić information content (AvgIpc) is 2.42. The molecule has 2 N–H and O–H groups in total. The van der Waals surface area contributed by atoms with E-state index in [0.717, 1.165) is 38.6 Å². The first kappa shape index (κ1) is 15.7. The Labute approximate surface area is 125 Å². The topological polar surface area (TPSA) is 32.3 Å². The van der Waals surface area contributed by atoms with E-state index in [1.165, 1.54) is 12.1 Å². The van der Waals surface area contributed by atoms with E-state index in [2.05, 4.69) is 12.2 Å². The van der Waals surface area contributed by atoms with Gasteiger partial charge in [0.15, 0.2) is 0 Å². The lowest BCUT2D eigenvalue weighted by molar-refractivity contribution is -0.00308. The first-order chi connectivity index (χ1) is 9.52. The van der Waals surface area contributed by atoms with E-state index in [4.69, 9.17) is 11.6 Å². The molecule has 1 aromatic carbocycles. The quantitative estimate of drug-likeness (QED) is 0.869. The van der Waals surface area contributed by atoms with Gasteiger partial charge in [0.1, 0.15) is 5.82 Å². The van der Waals surface area contributed by atoms with E-state index in [9.17, 15) is 9.50 Å². The first-order valence-electron chi connectivity index (χ1n) is 7.42. The fourth-order valence-electron chi connectivity index (χ4n) is 2.92. The largest absolute Gasteiger partial charge is 0.390 e. The van der Waals surface area contributed by atoms with Crippen LogP contribution in [-0.2, 0) is 6.42 Å². The third-order valence-electron chi connectivity index (χ3n) is 4.13. The van der Waals surface area contributed by atoms with Gasteiger partial charge in [0, 0.05) is 17.5 Å².